The van der Waals surface area contributed by atoms with Crippen LogP contribution in [0.3, 0.4) is 0 Å². The van der Waals surface area contributed by atoms with Gasteiger partial charge in [0.2, 0.25) is 0 Å². The van der Waals surface area contributed by atoms with Crippen LogP contribution in [0, 0.1) is 0 Å². The second-order valence-electron chi connectivity index (χ2n) is 5.90. The summed E-state index contributed by atoms with van der Waals surface area (Å²) in [5, 5.41) is 7.16. The minimum absolute atomic E-state index is 0.0891. The number of hydrogen-bond donors (Lipinski definition) is 2. The molecule has 3 rings (SSSR count). The highest BCUT2D eigenvalue weighted by atomic mass is 35.5. The highest BCUT2D eigenvalue weighted by Crippen LogP contribution is 2.27. The molecule has 0 aliphatic heterocycles. The normalized spacial score (nSPS) is 10.7. The van der Waals surface area contributed by atoms with Gasteiger partial charge in [-0.1, -0.05) is 29.8 Å². The maximum atomic E-state index is 11.8. The monoisotopic (exact) mass is 411 g/mol. The number of hydrazone groups is 1. The molecule has 0 spiro atoms. The summed E-state index contributed by atoms with van der Waals surface area (Å²) in [5.41, 5.74) is 4.17. The molecule has 0 unspecified atom stereocenters. The lowest BCUT2D eigenvalue weighted by atomic mass is 10.1. The summed E-state index contributed by atoms with van der Waals surface area (Å²) in [6, 6.07) is 17.7. The van der Waals surface area contributed by atoms with E-state index in [0.29, 0.717) is 22.1 Å². The first-order valence-electron chi connectivity index (χ1n) is 8.65. The molecule has 29 heavy (non-hydrogen) atoms. The summed E-state index contributed by atoms with van der Waals surface area (Å²) in [5.74, 6) is 0.130. The van der Waals surface area contributed by atoms with Crippen molar-refractivity contribution in [3.8, 4) is 11.3 Å². The van der Waals surface area contributed by atoms with Gasteiger partial charge in [0.15, 0.2) is 0 Å². The molecular formula is C21H18ClN3O4. The van der Waals surface area contributed by atoms with Gasteiger partial charge in [0.05, 0.1) is 30.5 Å². The zero-order valence-electron chi connectivity index (χ0n) is 15.5. The average molecular weight is 412 g/mol. The molecule has 0 aliphatic rings. The molecule has 0 radical (unpaired) electrons. The number of amides is 1. The minimum atomic E-state index is -0.531. The number of benzene rings is 2. The maximum Gasteiger partial charge on any atom is 0.339 e. The zero-order valence-corrected chi connectivity index (χ0v) is 16.3. The van der Waals surface area contributed by atoms with Crippen molar-refractivity contribution >= 4 is 35.4 Å². The van der Waals surface area contributed by atoms with Gasteiger partial charge < -0.3 is 14.5 Å². The van der Waals surface area contributed by atoms with Crippen molar-refractivity contribution in [1.29, 1.82) is 0 Å². The van der Waals surface area contributed by atoms with Crippen LogP contribution in [0.25, 0.3) is 11.3 Å². The number of carbonyl (C=O) groups excluding carboxylic acids is 2. The maximum absolute atomic E-state index is 11.8. The van der Waals surface area contributed by atoms with Crippen LogP contribution in [0.5, 0.6) is 0 Å². The van der Waals surface area contributed by atoms with Gasteiger partial charge in [-0.3, -0.25) is 4.79 Å². The molecule has 1 amide bonds. The predicted octanol–water partition coefficient (Wildman–Crippen LogP) is 3.95. The minimum Gasteiger partial charge on any atom is -0.465 e. The first-order valence-corrected chi connectivity index (χ1v) is 9.03. The molecule has 0 atom stereocenters. The Balaban J connectivity index is 1.59. The Labute approximate surface area is 172 Å². The Morgan fingerprint density at radius 2 is 1.93 bits per heavy atom. The van der Waals surface area contributed by atoms with Crippen molar-refractivity contribution in [3.63, 3.8) is 0 Å². The van der Waals surface area contributed by atoms with Gasteiger partial charge in [0.25, 0.3) is 5.91 Å². The van der Waals surface area contributed by atoms with E-state index in [0.717, 1.165) is 5.69 Å². The van der Waals surface area contributed by atoms with Crippen LogP contribution in [0.15, 0.2) is 70.2 Å². The van der Waals surface area contributed by atoms with Gasteiger partial charge >= 0.3 is 5.97 Å². The van der Waals surface area contributed by atoms with Crippen LogP contribution in [0.2, 0.25) is 5.02 Å². The van der Waals surface area contributed by atoms with E-state index in [2.05, 4.69) is 15.8 Å². The van der Waals surface area contributed by atoms with Crippen LogP contribution < -0.4 is 10.7 Å². The lowest BCUT2D eigenvalue weighted by Gasteiger charge is -2.04. The van der Waals surface area contributed by atoms with Gasteiger partial charge in [0, 0.05) is 11.3 Å². The smallest absolute Gasteiger partial charge is 0.339 e. The molecule has 7 nitrogen and oxygen atoms in total. The van der Waals surface area contributed by atoms with E-state index < -0.39 is 5.97 Å². The number of nitrogens with zero attached hydrogens (tertiary/aromatic N) is 1. The predicted molar refractivity (Wildman–Crippen MR) is 111 cm³/mol. The van der Waals surface area contributed by atoms with Crippen LogP contribution in [-0.4, -0.2) is 31.7 Å². The highest BCUT2D eigenvalue weighted by molar-refractivity contribution is 6.33. The van der Waals surface area contributed by atoms with Crippen molar-refractivity contribution in [2.24, 2.45) is 5.10 Å². The largest absolute Gasteiger partial charge is 0.465 e. The number of carbonyl (C=O) groups is 2. The topological polar surface area (TPSA) is 92.9 Å². The Morgan fingerprint density at radius 1 is 1.14 bits per heavy atom. The summed E-state index contributed by atoms with van der Waals surface area (Å²) in [7, 11) is 1.29. The van der Waals surface area contributed by atoms with Crippen LogP contribution >= 0.6 is 11.6 Å². The van der Waals surface area contributed by atoms with E-state index in [1.807, 2.05) is 30.3 Å². The number of furan rings is 1. The molecule has 1 aromatic heterocycles. The number of nitrogens with one attached hydrogen (secondary N) is 2. The van der Waals surface area contributed by atoms with Crippen molar-refractivity contribution in [2.75, 3.05) is 19.0 Å². The van der Waals surface area contributed by atoms with Crippen LogP contribution in [-0.2, 0) is 9.53 Å². The van der Waals surface area contributed by atoms with Crippen LogP contribution in [0.1, 0.15) is 16.1 Å². The van der Waals surface area contributed by atoms with Gasteiger partial charge in [-0.15, -0.1) is 0 Å². The lowest BCUT2D eigenvalue weighted by molar-refractivity contribution is -0.119. The number of halogens is 1. The third-order valence-corrected chi connectivity index (χ3v) is 4.22. The molecule has 0 bridgehead atoms. The van der Waals surface area contributed by atoms with Gasteiger partial charge in [-0.25, -0.2) is 10.2 Å². The second-order valence-corrected chi connectivity index (χ2v) is 6.31. The fourth-order valence-electron chi connectivity index (χ4n) is 2.47. The molecule has 2 aromatic carbocycles. The quantitative estimate of drug-likeness (QED) is 0.349. The third-order valence-electron chi connectivity index (χ3n) is 3.89. The molecule has 3 aromatic rings. The number of esters is 1. The Kier molecular flexibility index (Phi) is 6.65. The average Bonchev–Trinajstić information content (AvgIpc) is 3.21. The number of methoxy groups -OCH3 is 1. The van der Waals surface area contributed by atoms with Gasteiger partial charge in [-0.2, -0.15) is 5.10 Å². The van der Waals surface area contributed by atoms with Crippen molar-refractivity contribution < 1.29 is 18.7 Å². The van der Waals surface area contributed by atoms with E-state index in [1.165, 1.54) is 13.3 Å². The molecular weight excluding hydrogens is 394 g/mol. The molecule has 8 heteroatoms. The molecule has 148 valence electrons. The van der Waals surface area contributed by atoms with Gasteiger partial charge in [0.1, 0.15) is 11.5 Å². The van der Waals surface area contributed by atoms with E-state index in [-0.39, 0.29) is 18.0 Å². The fraction of sp³-hybridized carbons (Fsp3) is 0.0952. The molecule has 0 aliphatic carbocycles. The second kappa shape index (κ2) is 9.57. The van der Waals surface area contributed by atoms with Crippen LogP contribution in [0.4, 0.5) is 5.69 Å². The summed E-state index contributed by atoms with van der Waals surface area (Å²) >= 11 is 6.03. The molecule has 1 heterocycles. The zero-order chi connectivity index (χ0) is 20.6. The van der Waals surface area contributed by atoms with Crippen molar-refractivity contribution in [1.82, 2.24) is 5.43 Å². The number of para-hydroxylation sites is 1. The highest BCUT2D eigenvalue weighted by Gasteiger charge is 2.13. The summed E-state index contributed by atoms with van der Waals surface area (Å²) in [6.07, 6.45) is 1.39. The van der Waals surface area contributed by atoms with Gasteiger partial charge in [-0.05, 0) is 42.5 Å². The summed E-state index contributed by atoms with van der Waals surface area (Å²) < 4.78 is 10.4. The van der Waals surface area contributed by atoms with E-state index in [9.17, 15) is 9.59 Å². The number of ether oxygens (including phenoxy) is 1. The molecule has 2 N–H and O–H groups in total. The summed E-state index contributed by atoms with van der Waals surface area (Å²) in [4.78, 5) is 23.6. The number of hydrogen-bond acceptors (Lipinski definition) is 6. The molecule has 0 fully saturated rings. The standard InChI is InChI=1S/C21H18ClN3O4/c1-28-21(27)17-11-14(7-9-18(17)22)19-10-8-16(29-19)12-24-25-20(26)13-23-15-5-3-2-4-6-15/h2-12,23H,13H2,1H3,(H,25,26)/b24-12-. The van der Waals surface area contributed by atoms with E-state index in [4.69, 9.17) is 20.8 Å². The lowest BCUT2D eigenvalue weighted by Crippen LogP contribution is -2.25. The first-order chi connectivity index (χ1) is 14.1. The van der Waals surface area contributed by atoms with Crippen molar-refractivity contribution in [3.05, 3.63) is 77.0 Å². The summed E-state index contributed by atoms with van der Waals surface area (Å²) in [6.45, 7) is 0.0891. The molecule has 0 saturated carbocycles. The fourth-order valence-corrected chi connectivity index (χ4v) is 2.66. The van der Waals surface area contributed by atoms with E-state index >= 15 is 0 Å². The Hall–Kier alpha value is -3.58. The van der Waals surface area contributed by atoms with E-state index in [1.54, 1.807) is 30.3 Å². The van der Waals surface area contributed by atoms with Crippen molar-refractivity contribution in [2.45, 2.75) is 0 Å². The SMILES string of the molecule is COC(=O)c1cc(-c2ccc(/C=N\NC(=O)CNc3ccccc3)o2)ccc1Cl. The Bertz CT molecular complexity index is 1030. The molecule has 0 saturated heterocycles. The number of anilines is 1. The first kappa shape index (κ1) is 20.2. The third kappa shape index (κ3) is 5.46. The number of rotatable bonds is 7. The Morgan fingerprint density at radius 3 is 2.69 bits per heavy atom.